The first-order valence-corrected chi connectivity index (χ1v) is 6.14. The Morgan fingerprint density at radius 1 is 1.12 bits per heavy atom. The summed E-state index contributed by atoms with van der Waals surface area (Å²) in [6, 6.07) is 5.27. The van der Waals surface area contributed by atoms with E-state index in [9.17, 15) is 0 Å². The fourth-order valence-corrected chi connectivity index (χ4v) is 1.86. The predicted octanol–water partition coefficient (Wildman–Crippen LogP) is 4.87. The van der Waals surface area contributed by atoms with Crippen LogP contribution in [-0.4, -0.2) is 9.97 Å². The van der Waals surface area contributed by atoms with Crippen LogP contribution in [0.5, 0.6) is 0 Å². The van der Waals surface area contributed by atoms with Crippen LogP contribution in [0.2, 0.25) is 15.2 Å². The second-order valence-corrected chi connectivity index (χ2v) is 4.93. The lowest BCUT2D eigenvalue weighted by Crippen LogP contribution is -1.90. The Labute approximate surface area is 116 Å². The van der Waals surface area contributed by atoms with Gasteiger partial charge in [-0.1, -0.05) is 40.9 Å². The SMILES string of the molecule is Clc1cccc(-c2ncc(Br)c(Cl)n2)c1Cl. The second kappa shape index (κ2) is 4.88. The molecule has 0 unspecified atom stereocenters. The molecule has 1 aromatic carbocycles. The first kappa shape index (κ1) is 12.1. The second-order valence-electron chi connectivity index (χ2n) is 2.93. The van der Waals surface area contributed by atoms with Crippen molar-refractivity contribution in [3.8, 4) is 11.4 Å². The van der Waals surface area contributed by atoms with Gasteiger partial charge in [-0.25, -0.2) is 9.97 Å². The molecule has 0 amide bonds. The van der Waals surface area contributed by atoms with Gasteiger partial charge in [-0.3, -0.25) is 0 Å². The minimum Gasteiger partial charge on any atom is -0.235 e. The molecule has 2 rings (SSSR count). The Morgan fingerprint density at radius 3 is 2.56 bits per heavy atom. The van der Waals surface area contributed by atoms with Crippen LogP contribution in [0.3, 0.4) is 0 Å². The van der Waals surface area contributed by atoms with Gasteiger partial charge in [0.1, 0.15) is 5.15 Å². The maximum atomic E-state index is 6.05. The lowest BCUT2D eigenvalue weighted by Gasteiger charge is -2.04. The molecule has 2 nitrogen and oxygen atoms in total. The zero-order chi connectivity index (χ0) is 11.7. The molecule has 2 aromatic rings. The highest BCUT2D eigenvalue weighted by Gasteiger charge is 2.10. The molecule has 0 N–H and O–H groups in total. The van der Waals surface area contributed by atoms with Crippen molar-refractivity contribution < 1.29 is 0 Å². The number of nitrogens with zero attached hydrogens (tertiary/aromatic N) is 2. The lowest BCUT2D eigenvalue weighted by molar-refractivity contribution is 1.16. The summed E-state index contributed by atoms with van der Waals surface area (Å²) in [6.45, 7) is 0. The standard InChI is InChI=1S/C10H4BrCl3N2/c11-6-4-15-10(16-9(6)14)5-2-1-3-7(12)8(5)13/h1-4H. The summed E-state index contributed by atoms with van der Waals surface area (Å²) in [7, 11) is 0. The average Bonchev–Trinajstić information content (AvgIpc) is 2.26. The van der Waals surface area contributed by atoms with E-state index in [0.29, 0.717) is 31.1 Å². The number of benzene rings is 1. The maximum Gasteiger partial charge on any atom is 0.162 e. The van der Waals surface area contributed by atoms with Crippen LogP contribution < -0.4 is 0 Å². The van der Waals surface area contributed by atoms with Crippen molar-refractivity contribution in [1.82, 2.24) is 9.97 Å². The summed E-state index contributed by atoms with van der Waals surface area (Å²) in [5.41, 5.74) is 0.656. The van der Waals surface area contributed by atoms with Gasteiger partial charge < -0.3 is 0 Å². The summed E-state index contributed by atoms with van der Waals surface area (Å²) >= 11 is 21.1. The fourth-order valence-electron chi connectivity index (χ4n) is 1.15. The zero-order valence-corrected chi connectivity index (χ0v) is 11.6. The zero-order valence-electron chi connectivity index (χ0n) is 7.72. The number of rotatable bonds is 1. The molecule has 0 aliphatic rings. The molecule has 0 spiro atoms. The minimum atomic E-state index is 0.334. The topological polar surface area (TPSA) is 25.8 Å². The van der Waals surface area contributed by atoms with Crippen LogP contribution in [-0.2, 0) is 0 Å². The Hall–Kier alpha value is -0.350. The van der Waals surface area contributed by atoms with E-state index in [1.54, 1.807) is 24.4 Å². The van der Waals surface area contributed by atoms with Crippen LogP contribution in [0.1, 0.15) is 0 Å². The Balaban J connectivity index is 2.59. The largest absolute Gasteiger partial charge is 0.235 e. The molecule has 0 bridgehead atoms. The van der Waals surface area contributed by atoms with Crippen molar-refractivity contribution in [2.45, 2.75) is 0 Å². The number of halogens is 4. The van der Waals surface area contributed by atoms with E-state index >= 15 is 0 Å². The van der Waals surface area contributed by atoms with Crippen LogP contribution in [0.25, 0.3) is 11.4 Å². The van der Waals surface area contributed by atoms with Crippen molar-refractivity contribution in [3.05, 3.63) is 44.1 Å². The fraction of sp³-hybridized carbons (Fsp3) is 0. The molecule has 0 atom stereocenters. The Bertz CT molecular complexity index is 546. The van der Waals surface area contributed by atoms with E-state index in [1.807, 2.05) is 0 Å². The quantitative estimate of drug-likeness (QED) is 0.694. The smallest absolute Gasteiger partial charge is 0.162 e. The summed E-state index contributed by atoms with van der Waals surface area (Å²) in [6.07, 6.45) is 1.57. The monoisotopic (exact) mass is 336 g/mol. The number of hydrogen-bond acceptors (Lipinski definition) is 2. The molecule has 0 aliphatic carbocycles. The molecule has 16 heavy (non-hydrogen) atoms. The van der Waals surface area contributed by atoms with Crippen molar-refractivity contribution >= 4 is 50.7 Å². The van der Waals surface area contributed by atoms with E-state index in [0.717, 1.165) is 0 Å². The van der Waals surface area contributed by atoms with Gasteiger partial charge in [0.25, 0.3) is 0 Å². The highest BCUT2D eigenvalue weighted by atomic mass is 79.9. The third kappa shape index (κ3) is 2.33. The van der Waals surface area contributed by atoms with Gasteiger partial charge in [0.15, 0.2) is 5.82 Å². The molecular formula is C10H4BrCl3N2. The van der Waals surface area contributed by atoms with Gasteiger partial charge in [-0.2, -0.15) is 0 Å². The Morgan fingerprint density at radius 2 is 1.88 bits per heavy atom. The van der Waals surface area contributed by atoms with Gasteiger partial charge >= 0.3 is 0 Å². The molecule has 1 aromatic heterocycles. The molecule has 6 heteroatoms. The van der Waals surface area contributed by atoms with Gasteiger partial charge in [-0.15, -0.1) is 0 Å². The average molecular weight is 338 g/mol. The summed E-state index contributed by atoms with van der Waals surface area (Å²) in [5.74, 6) is 0.445. The summed E-state index contributed by atoms with van der Waals surface area (Å²) in [5, 5.41) is 1.21. The van der Waals surface area contributed by atoms with Crippen LogP contribution in [0, 0.1) is 0 Å². The highest BCUT2D eigenvalue weighted by molar-refractivity contribution is 9.10. The van der Waals surface area contributed by atoms with Gasteiger partial charge in [0, 0.05) is 11.8 Å². The van der Waals surface area contributed by atoms with Crippen LogP contribution in [0.4, 0.5) is 0 Å². The van der Waals surface area contributed by atoms with Crippen LogP contribution in [0.15, 0.2) is 28.9 Å². The van der Waals surface area contributed by atoms with E-state index in [-0.39, 0.29) is 0 Å². The predicted molar refractivity (Wildman–Crippen MR) is 70.2 cm³/mol. The van der Waals surface area contributed by atoms with E-state index in [2.05, 4.69) is 25.9 Å². The van der Waals surface area contributed by atoms with Crippen molar-refractivity contribution in [1.29, 1.82) is 0 Å². The summed E-state index contributed by atoms with van der Waals surface area (Å²) < 4.78 is 0.635. The molecule has 0 saturated carbocycles. The first-order chi connectivity index (χ1) is 7.59. The molecule has 82 valence electrons. The Kier molecular flexibility index (Phi) is 3.70. The third-order valence-electron chi connectivity index (χ3n) is 1.89. The van der Waals surface area contributed by atoms with Crippen LogP contribution >= 0.6 is 50.7 Å². The van der Waals surface area contributed by atoms with E-state index < -0.39 is 0 Å². The number of aromatic nitrogens is 2. The molecule has 0 aliphatic heterocycles. The normalized spacial score (nSPS) is 10.5. The lowest BCUT2D eigenvalue weighted by atomic mass is 10.2. The van der Waals surface area contributed by atoms with E-state index in [1.165, 1.54) is 0 Å². The van der Waals surface area contributed by atoms with E-state index in [4.69, 9.17) is 34.8 Å². The van der Waals surface area contributed by atoms with Crippen molar-refractivity contribution in [2.24, 2.45) is 0 Å². The van der Waals surface area contributed by atoms with Gasteiger partial charge in [0.05, 0.1) is 14.5 Å². The maximum absolute atomic E-state index is 6.05. The third-order valence-corrected chi connectivity index (χ3v) is 3.81. The minimum absolute atomic E-state index is 0.334. The number of hydrogen-bond donors (Lipinski definition) is 0. The van der Waals surface area contributed by atoms with Crippen molar-refractivity contribution in [2.75, 3.05) is 0 Å². The highest BCUT2D eigenvalue weighted by Crippen LogP contribution is 2.32. The van der Waals surface area contributed by atoms with Crippen molar-refractivity contribution in [3.63, 3.8) is 0 Å². The molecular weight excluding hydrogens is 334 g/mol. The molecule has 0 saturated heterocycles. The molecule has 0 radical (unpaired) electrons. The first-order valence-electron chi connectivity index (χ1n) is 4.22. The van der Waals surface area contributed by atoms with Gasteiger partial charge in [-0.05, 0) is 28.1 Å². The molecule has 1 heterocycles. The molecule has 0 fully saturated rings. The van der Waals surface area contributed by atoms with Gasteiger partial charge in [0.2, 0.25) is 0 Å². The summed E-state index contributed by atoms with van der Waals surface area (Å²) in [4.78, 5) is 8.24.